The van der Waals surface area contributed by atoms with Crippen molar-refractivity contribution in [2.24, 2.45) is 11.1 Å². The van der Waals surface area contributed by atoms with E-state index < -0.39 is 16.1 Å². The number of hydrogen-bond acceptors (Lipinski definition) is 4. The van der Waals surface area contributed by atoms with Crippen molar-refractivity contribution in [3.63, 3.8) is 0 Å². The van der Waals surface area contributed by atoms with Gasteiger partial charge in [0.1, 0.15) is 6.04 Å². The molecule has 1 unspecified atom stereocenters. The Bertz CT molecular complexity index is 959. The van der Waals surface area contributed by atoms with Gasteiger partial charge in [0.15, 0.2) is 0 Å². The van der Waals surface area contributed by atoms with Crippen LogP contribution in [0.25, 0.3) is 0 Å². The van der Waals surface area contributed by atoms with Crippen molar-refractivity contribution in [1.29, 1.82) is 0 Å². The minimum atomic E-state index is -3.82. The summed E-state index contributed by atoms with van der Waals surface area (Å²) in [5.41, 5.74) is 0.968. The molecule has 28 heavy (non-hydrogen) atoms. The number of carbonyl (C=O) groups is 2. The van der Waals surface area contributed by atoms with Crippen LogP contribution in [-0.2, 0) is 21.4 Å². The highest BCUT2D eigenvalue weighted by atomic mass is 35.5. The van der Waals surface area contributed by atoms with Gasteiger partial charge in [0.25, 0.3) is 5.91 Å². The van der Waals surface area contributed by atoms with E-state index in [2.05, 4.69) is 10.6 Å². The Morgan fingerprint density at radius 3 is 2.32 bits per heavy atom. The van der Waals surface area contributed by atoms with E-state index in [-0.39, 0.29) is 29.2 Å². The average Bonchev–Trinajstić information content (AvgIpc) is 2.64. The maximum absolute atomic E-state index is 12.6. The van der Waals surface area contributed by atoms with Gasteiger partial charge >= 0.3 is 0 Å². The first-order valence-electron chi connectivity index (χ1n) is 8.54. The maximum atomic E-state index is 12.6. The van der Waals surface area contributed by atoms with Crippen LogP contribution in [0, 0.1) is 5.92 Å². The van der Waals surface area contributed by atoms with Crippen LogP contribution in [0.15, 0.2) is 53.4 Å². The fraction of sp³-hybridized carbons (Fsp3) is 0.263. The molecule has 0 aromatic heterocycles. The quantitative estimate of drug-likeness (QED) is 0.631. The van der Waals surface area contributed by atoms with Crippen LogP contribution in [0.1, 0.15) is 29.8 Å². The molecule has 0 aliphatic carbocycles. The topological polar surface area (TPSA) is 118 Å². The minimum absolute atomic E-state index is 0.0318. The Kier molecular flexibility index (Phi) is 7.17. The summed E-state index contributed by atoms with van der Waals surface area (Å²) in [5, 5.41) is 11.1. The van der Waals surface area contributed by atoms with Gasteiger partial charge in [-0.15, -0.1) is 0 Å². The molecule has 0 aliphatic heterocycles. The van der Waals surface area contributed by atoms with Gasteiger partial charge in [-0.3, -0.25) is 9.59 Å². The predicted molar refractivity (Wildman–Crippen MR) is 107 cm³/mol. The van der Waals surface area contributed by atoms with E-state index in [1.807, 2.05) is 13.8 Å². The summed E-state index contributed by atoms with van der Waals surface area (Å²) in [6.45, 7) is 3.73. The molecule has 2 aromatic rings. The highest BCUT2D eigenvalue weighted by molar-refractivity contribution is 7.89. The number of benzene rings is 2. The SMILES string of the molecule is CC(C)C(NC(=O)c1ccc(Cl)cc1)C(=O)NCc1cccc(S(N)(=O)=O)c1. The summed E-state index contributed by atoms with van der Waals surface area (Å²) in [6, 6.07) is 11.6. The van der Waals surface area contributed by atoms with Crippen molar-refractivity contribution in [3.05, 3.63) is 64.7 Å². The first kappa shape index (κ1) is 21.9. The standard InChI is InChI=1S/C19H22ClN3O4S/c1-12(2)17(23-18(24)14-6-8-15(20)9-7-14)19(25)22-11-13-4-3-5-16(10-13)28(21,26)27/h3-10,12,17H,11H2,1-2H3,(H,22,25)(H,23,24)(H2,21,26,27). The number of primary sulfonamides is 1. The molecule has 0 saturated carbocycles. The van der Waals surface area contributed by atoms with E-state index in [1.54, 1.807) is 36.4 Å². The van der Waals surface area contributed by atoms with Crippen LogP contribution in [0.5, 0.6) is 0 Å². The summed E-state index contributed by atoms with van der Waals surface area (Å²) in [5.74, 6) is -0.924. The van der Waals surface area contributed by atoms with Gasteiger partial charge in [0.2, 0.25) is 15.9 Å². The van der Waals surface area contributed by atoms with Gasteiger partial charge in [-0.2, -0.15) is 0 Å². The van der Waals surface area contributed by atoms with E-state index in [1.165, 1.54) is 12.1 Å². The molecule has 0 radical (unpaired) electrons. The van der Waals surface area contributed by atoms with Gasteiger partial charge in [-0.05, 0) is 47.9 Å². The largest absolute Gasteiger partial charge is 0.350 e. The summed E-state index contributed by atoms with van der Waals surface area (Å²) in [6.07, 6.45) is 0. The lowest BCUT2D eigenvalue weighted by Gasteiger charge is -2.22. The first-order valence-corrected chi connectivity index (χ1v) is 10.5. The molecule has 0 spiro atoms. The highest BCUT2D eigenvalue weighted by Crippen LogP contribution is 2.12. The zero-order valence-electron chi connectivity index (χ0n) is 15.5. The van der Waals surface area contributed by atoms with Gasteiger partial charge in [-0.25, -0.2) is 13.6 Å². The molecule has 0 saturated heterocycles. The molecule has 9 heteroatoms. The monoisotopic (exact) mass is 423 g/mol. The summed E-state index contributed by atoms with van der Waals surface area (Å²) in [7, 11) is -3.82. The Hall–Kier alpha value is -2.42. The minimum Gasteiger partial charge on any atom is -0.350 e. The first-order chi connectivity index (χ1) is 13.1. The summed E-state index contributed by atoms with van der Waals surface area (Å²) >= 11 is 5.82. The van der Waals surface area contributed by atoms with Crippen molar-refractivity contribution >= 4 is 33.4 Å². The smallest absolute Gasteiger partial charge is 0.251 e. The van der Waals surface area contributed by atoms with Crippen LogP contribution in [0.4, 0.5) is 0 Å². The van der Waals surface area contributed by atoms with Crippen molar-refractivity contribution in [3.8, 4) is 0 Å². The lowest BCUT2D eigenvalue weighted by Crippen LogP contribution is -2.49. The van der Waals surface area contributed by atoms with Crippen molar-refractivity contribution in [1.82, 2.24) is 10.6 Å². The molecule has 1 atom stereocenters. The molecular formula is C19H22ClN3O4S. The van der Waals surface area contributed by atoms with Gasteiger partial charge in [-0.1, -0.05) is 37.6 Å². The van der Waals surface area contributed by atoms with Crippen LogP contribution in [0.3, 0.4) is 0 Å². The molecule has 0 fully saturated rings. The summed E-state index contributed by atoms with van der Waals surface area (Å²) in [4.78, 5) is 24.9. The normalized spacial score (nSPS) is 12.5. The molecule has 150 valence electrons. The Labute approximate surface area is 169 Å². The third-order valence-electron chi connectivity index (χ3n) is 4.04. The van der Waals surface area contributed by atoms with Crippen LogP contribution >= 0.6 is 11.6 Å². The second kappa shape index (κ2) is 9.18. The van der Waals surface area contributed by atoms with E-state index in [4.69, 9.17) is 16.7 Å². The van der Waals surface area contributed by atoms with E-state index in [9.17, 15) is 18.0 Å². The molecule has 4 N–H and O–H groups in total. The molecule has 0 bridgehead atoms. The third-order valence-corrected chi connectivity index (χ3v) is 5.20. The lowest BCUT2D eigenvalue weighted by molar-refractivity contribution is -0.124. The zero-order valence-corrected chi connectivity index (χ0v) is 17.0. The fourth-order valence-corrected chi connectivity index (χ4v) is 3.20. The number of rotatable bonds is 7. The Balaban J connectivity index is 2.05. The predicted octanol–water partition coefficient (Wildman–Crippen LogP) is 2.06. The number of halogens is 1. The van der Waals surface area contributed by atoms with Crippen molar-refractivity contribution in [2.45, 2.75) is 31.3 Å². The number of nitrogens with two attached hydrogens (primary N) is 1. The molecule has 2 aromatic carbocycles. The second-order valence-corrected chi connectivity index (χ2v) is 8.61. The van der Waals surface area contributed by atoms with Gasteiger partial charge < -0.3 is 10.6 Å². The van der Waals surface area contributed by atoms with Crippen molar-refractivity contribution < 1.29 is 18.0 Å². The second-order valence-electron chi connectivity index (χ2n) is 6.61. The number of hydrogen-bond donors (Lipinski definition) is 3. The average molecular weight is 424 g/mol. The fourth-order valence-electron chi connectivity index (χ4n) is 2.49. The van der Waals surface area contributed by atoms with Crippen LogP contribution in [-0.4, -0.2) is 26.3 Å². The Morgan fingerprint density at radius 1 is 1.11 bits per heavy atom. The number of nitrogens with one attached hydrogen (secondary N) is 2. The molecule has 0 heterocycles. The van der Waals surface area contributed by atoms with E-state index in [0.717, 1.165) is 0 Å². The van der Waals surface area contributed by atoms with Crippen molar-refractivity contribution in [2.75, 3.05) is 0 Å². The van der Waals surface area contributed by atoms with Gasteiger partial charge in [0.05, 0.1) is 4.90 Å². The molecule has 2 rings (SSSR count). The molecule has 2 amide bonds. The van der Waals surface area contributed by atoms with E-state index >= 15 is 0 Å². The van der Waals surface area contributed by atoms with Gasteiger partial charge in [0, 0.05) is 17.1 Å². The lowest BCUT2D eigenvalue weighted by atomic mass is 10.0. The molecule has 7 nitrogen and oxygen atoms in total. The number of amides is 2. The molecule has 0 aliphatic rings. The zero-order chi connectivity index (χ0) is 20.9. The molecular weight excluding hydrogens is 402 g/mol. The van der Waals surface area contributed by atoms with Crippen LogP contribution in [0.2, 0.25) is 5.02 Å². The number of sulfonamides is 1. The third kappa shape index (κ3) is 6.05. The van der Waals surface area contributed by atoms with E-state index in [0.29, 0.717) is 16.1 Å². The number of carbonyl (C=O) groups excluding carboxylic acids is 2. The maximum Gasteiger partial charge on any atom is 0.251 e. The highest BCUT2D eigenvalue weighted by Gasteiger charge is 2.24. The summed E-state index contributed by atoms with van der Waals surface area (Å²) < 4.78 is 22.9. The Morgan fingerprint density at radius 2 is 1.75 bits per heavy atom. The van der Waals surface area contributed by atoms with Crippen LogP contribution < -0.4 is 15.8 Å².